The van der Waals surface area contributed by atoms with Crippen LogP contribution in [0.2, 0.25) is 10.0 Å². The van der Waals surface area contributed by atoms with Gasteiger partial charge >= 0.3 is 0 Å². The summed E-state index contributed by atoms with van der Waals surface area (Å²) in [6.07, 6.45) is 0. The SMILES string of the molecule is CC(C)[C@H](NS(=O)(=O)c1cccc(Cl)c1)C(=O)NCc1cccc(Cl)c1. The zero-order chi connectivity index (χ0) is 19.3. The van der Waals surface area contributed by atoms with Crippen LogP contribution in [-0.2, 0) is 21.4 Å². The van der Waals surface area contributed by atoms with Gasteiger partial charge < -0.3 is 5.32 Å². The Labute approximate surface area is 163 Å². The molecule has 0 bridgehead atoms. The second kappa shape index (κ2) is 8.86. The Bertz CT molecular complexity index is 886. The van der Waals surface area contributed by atoms with E-state index in [0.717, 1.165) is 5.56 Å². The molecule has 2 aromatic carbocycles. The van der Waals surface area contributed by atoms with Crippen molar-refractivity contribution in [2.45, 2.75) is 31.3 Å². The van der Waals surface area contributed by atoms with Crippen LogP contribution in [0.15, 0.2) is 53.4 Å². The number of carbonyl (C=O) groups is 1. The maximum Gasteiger partial charge on any atom is 0.241 e. The molecule has 1 atom stereocenters. The Morgan fingerprint density at radius 1 is 1.04 bits per heavy atom. The number of nitrogens with one attached hydrogen (secondary N) is 2. The van der Waals surface area contributed by atoms with Gasteiger partial charge in [0.05, 0.1) is 4.90 Å². The lowest BCUT2D eigenvalue weighted by molar-refractivity contribution is -0.123. The summed E-state index contributed by atoms with van der Waals surface area (Å²) in [5, 5.41) is 3.62. The lowest BCUT2D eigenvalue weighted by Gasteiger charge is -2.21. The van der Waals surface area contributed by atoms with Crippen molar-refractivity contribution < 1.29 is 13.2 Å². The quantitative estimate of drug-likeness (QED) is 0.726. The van der Waals surface area contributed by atoms with E-state index in [2.05, 4.69) is 10.0 Å². The summed E-state index contributed by atoms with van der Waals surface area (Å²) in [4.78, 5) is 12.5. The van der Waals surface area contributed by atoms with E-state index in [0.29, 0.717) is 10.0 Å². The van der Waals surface area contributed by atoms with Crippen molar-refractivity contribution in [3.8, 4) is 0 Å². The summed E-state index contributed by atoms with van der Waals surface area (Å²) < 4.78 is 27.6. The Morgan fingerprint density at radius 3 is 2.23 bits per heavy atom. The summed E-state index contributed by atoms with van der Waals surface area (Å²) in [7, 11) is -3.88. The van der Waals surface area contributed by atoms with Crippen LogP contribution in [0.5, 0.6) is 0 Å². The molecule has 2 N–H and O–H groups in total. The molecule has 0 radical (unpaired) electrons. The van der Waals surface area contributed by atoms with E-state index in [-0.39, 0.29) is 17.4 Å². The Morgan fingerprint density at radius 2 is 1.65 bits per heavy atom. The van der Waals surface area contributed by atoms with Crippen LogP contribution in [0, 0.1) is 5.92 Å². The molecule has 26 heavy (non-hydrogen) atoms. The first-order valence-corrected chi connectivity index (χ1v) is 10.2. The smallest absolute Gasteiger partial charge is 0.241 e. The summed E-state index contributed by atoms with van der Waals surface area (Å²) in [6.45, 7) is 3.79. The maximum absolute atomic E-state index is 12.6. The molecule has 0 saturated heterocycles. The Balaban J connectivity index is 2.11. The minimum Gasteiger partial charge on any atom is -0.351 e. The molecule has 5 nitrogen and oxygen atoms in total. The molecule has 0 heterocycles. The van der Waals surface area contributed by atoms with Gasteiger partial charge in [-0.2, -0.15) is 4.72 Å². The molecule has 0 aliphatic heterocycles. The molecular weight excluding hydrogens is 395 g/mol. The predicted octanol–water partition coefficient (Wildman–Crippen LogP) is 3.61. The summed E-state index contributed by atoms with van der Waals surface area (Å²) in [5.41, 5.74) is 0.825. The van der Waals surface area contributed by atoms with Gasteiger partial charge in [0.15, 0.2) is 0 Å². The van der Waals surface area contributed by atoms with Crippen LogP contribution < -0.4 is 10.0 Å². The van der Waals surface area contributed by atoms with E-state index in [9.17, 15) is 13.2 Å². The maximum atomic E-state index is 12.6. The van der Waals surface area contributed by atoms with Gasteiger partial charge in [-0.05, 0) is 41.8 Å². The average Bonchev–Trinajstić information content (AvgIpc) is 2.57. The molecule has 2 aromatic rings. The van der Waals surface area contributed by atoms with Gasteiger partial charge in [-0.3, -0.25) is 4.79 Å². The molecule has 0 aliphatic carbocycles. The van der Waals surface area contributed by atoms with E-state index in [1.165, 1.54) is 12.1 Å². The van der Waals surface area contributed by atoms with Crippen LogP contribution in [0.4, 0.5) is 0 Å². The third-order valence-corrected chi connectivity index (χ3v) is 5.60. The van der Waals surface area contributed by atoms with E-state index in [1.807, 2.05) is 6.07 Å². The average molecular weight is 415 g/mol. The topological polar surface area (TPSA) is 75.3 Å². The highest BCUT2D eigenvalue weighted by molar-refractivity contribution is 7.89. The summed E-state index contributed by atoms with van der Waals surface area (Å²) in [6, 6.07) is 12.1. The van der Waals surface area contributed by atoms with Crippen molar-refractivity contribution in [3.63, 3.8) is 0 Å². The van der Waals surface area contributed by atoms with Gasteiger partial charge in [0, 0.05) is 16.6 Å². The molecule has 140 valence electrons. The molecule has 1 amide bonds. The van der Waals surface area contributed by atoms with E-state index in [1.54, 1.807) is 44.2 Å². The summed E-state index contributed by atoms with van der Waals surface area (Å²) in [5.74, 6) is -0.658. The van der Waals surface area contributed by atoms with Gasteiger partial charge in [0.1, 0.15) is 6.04 Å². The minimum absolute atomic E-state index is 0.0123. The van der Waals surface area contributed by atoms with Crippen LogP contribution in [-0.4, -0.2) is 20.4 Å². The lowest BCUT2D eigenvalue weighted by Crippen LogP contribution is -2.49. The highest BCUT2D eigenvalue weighted by atomic mass is 35.5. The van der Waals surface area contributed by atoms with E-state index >= 15 is 0 Å². The molecule has 0 aliphatic rings. The summed E-state index contributed by atoms with van der Waals surface area (Å²) >= 11 is 11.8. The normalized spacial score (nSPS) is 12.8. The van der Waals surface area contributed by atoms with Crippen LogP contribution in [0.25, 0.3) is 0 Å². The second-order valence-corrected chi connectivity index (χ2v) is 8.73. The number of rotatable bonds is 7. The molecule has 8 heteroatoms. The fourth-order valence-corrected chi connectivity index (χ4v) is 4.17. The molecule has 0 fully saturated rings. The van der Waals surface area contributed by atoms with Crippen molar-refractivity contribution in [3.05, 3.63) is 64.1 Å². The van der Waals surface area contributed by atoms with Gasteiger partial charge in [-0.15, -0.1) is 0 Å². The number of benzene rings is 2. The van der Waals surface area contributed by atoms with Gasteiger partial charge in [0.25, 0.3) is 0 Å². The fraction of sp³-hybridized carbons (Fsp3) is 0.278. The van der Waals surface area contributed by atoms with Gasteiger partial charge in [-0.25, -0.2) is 8.42 Å². The van der Waals surface area contributed by atoms with Crippen molar-refractivity contribution >= 4 is 39.1 Å². The molecule has 2 rings (SSSR count). The van der Waals surface area contributed by atoms with Crippen molar-refractivity contribution in [2.75, 3.05) is 0 Å². The number of hydrogen-bond acceptors (Lipinski definition) is 3. The Kier molecular flexibility index (Phi) is 7.06. The third kappa shape index (κ3) is 5.71. The molecular formula is C18H20Cl2N2O3S. The predicted molar refractivity (Wildman–Crippen MR) is 104 cm³/mol. The van der Waals surface area contributed by atoms with Gasteiger partial charge in [0.2, 0.25) is 15.9 Å². The monoisotopic (exact) mass is 414 g/mol. The van der Waals surface area contributed by atoms with Crippen molar-refractivity contribution in [1.82, 2.24) is 10.0 Å². The first kappa shape index (κ1) is 20.7. The zero-order valence-corrected chi connectivity index (χ0v) is 16.7. The fourth-order valence-electron chi connectivity index (χ4n) is 2.31. The van der Waals surface area contributed by atoms with Crippen LogP contribution in [0.3, 0.4) is 0 Å². The van der Waals surface area contributed by atoms with E-state index < -0.39 is 22.0 Å². The number of hydrogen-bond donors (Lipinski definition) is 2. The molecule has 0 saturated carbocycles. The van der Waals surface area contributed by atoms with Crippen molar-refractivity contribution in [1.29, 1.82) is 0 Å². The first-order valence-electron chi connectivity index (χ1n) is 7.99. The molecule has 0 unspecified atom stereocenters. The van der Waals surface area contributed by atoms with E-state index in [4.69, 9.17) is 23.2 Å². The molecule has 0 spiro atoms. The number of halogens is 2. The highest BCUT2D eigenvalue weighted by Crippen LogP contribution is 2.17. The first-order chi connectivity index (χ1) is 12.2. The minimum atomic E-state index is -3.88. The highest BCUT2D eigenvalue weighted by Gasteiger charge is 2.28. The Hall–Kier alpha value is -1.60. The van der Waals surface area contributed by atoms with Crippen LogP contribution >= 0.6 is 23.2 Å². The standard InChI is InChI=1S/C18H20Cl2N2O3S/c1-12(2)17(18(23)21-11-13-5-3-6-14(19)9-13)22-26(24,25)16-8-4-7-15(20)10-16/h3-10,12,17,22H,11H2,1-2H3,(H,21,23)/t17-/m0/s1. The third-order valence-electron chi connectivity index (χ3n) is 3.69. The number of amides is 1. The van der Waals surface area contributed by atoms with Gasteiger partial charge in [-0.1, -0.05) is 55.2 Å². The molecule has 0 aromatic heterocycles. The number of sulfonamides is 1. The second-order valence-electron chi connectivity index (χ2n) is 6.15. The van der Waals surface area contributed by atoms with Crippen molar-refractivity contribution in [2.24, 2.45) is 5.92 Å². The largest absolute Gasteiger partial charge is 0.351 e. The lowest BCUT2D eigenvalue weighted by atomic mass is 10.0. The zero-order valence-electron chi connectivity index (χ0n) is 14.4. The van der Waals surface area contributed by atoms with Crippen LogP contribution in [0.1, 0.15) is 19.4 Å². The number of carbonyl (C=O) groups excluding carboxylic acids is 1.